The molecule has 0 spiro atoms. The van der Waals surface area contributed by atoms with Crippen LogP contribution in [0.4, 0.5) is 5.82 Å². The molecule has 3 rings (SSSR count). The highest BCUT2D eigenvalue weighted by atomic mass is 16.2. The Bertz CT molecular complexity index is 1010. The van der Waals surface area contributed by atoms with E-state index in [0.717, 1.165) is 16.9 Å². The van der Waals surface area contributed by atoms with E-state index in [9.17, 15) is 9.59 Å². The van der Waals surface area contributed by atoms with Crippen LogP contribution in [0, 0.1) is 6.92 Å². The molecule has 1 aromatic heterocycles. The van der Waals surface area contributed by atoms with E-state index in [0.29, 0.717) is 18.9 Å². The van der Waals surface area contributed by atoms with Crippen molar-refractivity contribution >= 4 is 17.6 Å². The van der Waals surface area contributed by atoms with Gasteiger partial charge < -0.3 is 10.6 Å². The minimum absolute atomic E-state index is 0.0897. The summed E-state index contributed by atoms with van der Waals surface area (Å²) in [7, 11) is 0. The van der Waals surface area contributed by atoms with Crippen molar-refractivity contribution in [3.63, 3.8) is 0 Å². The van der Waals surface area contributed by atoms with E-state index in [2.05, 4.69) is 10.6 Å². The van der Waals surface area contributed by atoms with Gasteiger partial charge >= 0.3 is 0 Å². The fourth-order valence-corrected chi connectivity index (χ4v) is 3.22. The van der Waals surface area contributed by atoms with Gasteiger partial charge in [-0.15, -0.1) is 0 Å². The Hall–Kier alpha value is -3.45. The molecule has 2 amide bonds. The molecule has 0 aliphatic carbocycles. The van der Waals surface area contributed by atoms with Gasteiger partial charge in [0, 0.05) is 18.2 Å². The minimum Gasteiger partial charge on any atom is -0.355 e. The summed E-state index contributed by atoms with van der Waals surface area (Å²) in [5, 5.41) is 10.5. The maximum atomic E-state index is 12.8. The molecule has 3 aromatic rings. The summed E-state index contributed by atoms with van der Waals surface area (Å²) in [6, 6.07) is 19.7. The van der Waals surface area contributed by atoms with Gasteiger partial charge in [-0.2, -0.15) is 5.10 Å². The second-order valence-electron chi connectivity index (χ2n) is 7.33. The number of rotatable bonds is 9. The molecule has 2 aromatic carbocycles. The second kappa shape index (κ2) is 10.5. The van der Waals surface area contributed by atoms with Crippen LogP contribution in [0.2, 0.25) is 0 Å². The predicted molar refractivity (Wildman–Crippen MR) is 123 cm³/mol. The Morgan fingerprint density at radius 2 is 1.65 bits per heavy atom. The molecule has 0 fully saturated rings. The number of carbonyl (C=O) groups is 2. The van der Waals surface area contributed by atoms with E-state index in [4.69, 9.17) is 5.10 Å². The molecule has 7 nitrogen and oxygen atoms in total. The van der Waals surface area contributed by atoms with Crippen LogP contribution in [0.15, 0.2) is 60.7 Å². The van der Waals surface area contributed by atoms with Gasteiger partial charge in [0.25, 0.3) is 0 Å². The summed E-state index contributed by atoms with van der Waals surface area (Å²) in [6.07, 6.45) is 0. The zero-order valence-corrected chi connectivity index (χ0v) is 18.3. The second-order valence-corrected chi connectivity index (χ2v) is 7.33. The Morgan fingerprint density at radius 3 is 2.29 bits per heavy atom. The van der Waals surface area contributed by atoms with E-state index in [-0.39, 0.29) is 24.9 Å². The minimum atomic E-state index is -0.196. The highest BCUT2D eigenvalue weighted by molar-refractivity contribution is 5.92. The average Bonchev–Trinajstić information content (AvgIpc) is 3.18. The van der Waals surface area contributed by atoms with Crippen LogP contribution in [0.5, 0.6) is 0 Å². The Labute approximate surface area is 183 Å². The number of para-hydroxylation sites is 1. The van der Waals surface area contributed by atoms with Crippen molar-refractivity contribution in [3.8, 4) is 16.9 Å². The lowest BCUT2D eigenvalue weighted by molar-refractivity contribution is -0.123. The number of carbonyl (C=O) groups excluding carboxylic acids is 2. The van der Waals surface area contributed by atoms with Crippen molar-refractivity contribution in [1.82, 2.24) is 20.0 Å². The molecule has 0 saturated heterocycles. The number of aromatic nitrogens is 2. The van der Waals surface area contributed by atoms with E-state index in [1.54, 1.807) is 9.58 Å². The first-order valence-electron chi connectivity index (χ1n) is 10.5. The van der Waals surface area contributed by atoms with Gasteiger partial charge in [-0.3, -0.25) is 14.5 Å². The molecule has 0 atom stereocenters. The summed E-state index contributed by atoms with van der Waals surface area (Å²) in [5.74, 6) is 0.299. The number of nitrogens with zero attached hydrogens (tertiary/aromatic N) is 3. The monoisotopic (exact) mass is 419 g/mol. The number of nitrogens with one attached hydrogen (secondary N) is 2. The lowest BCUT2D eigenvalue weighted by Crippen LogP contribution is -2.41. The van der Waals surface area contributed by atoms with Crippen molar-refractivity contribution in [2.75, 3.05) is 31.5 Å². The Morgan fingerprint density at radius 1 is 0.968 bits per heavy atom. The Kier molecular flexibility index (Phi) is 7.56. The third kappa shape index (κ3) is 6.02. The number of aryl methyl sites for hydroxylation is 1. The van der Waals surface area contributed by atoms with Gasteiger partial charge in [0.15, 0.2) is 0 Å². The zero-order chi connectivity index (χ0) is 22.2. The molecular formula is C24H29N5O2. The van der Waals surface area contributed by atoms with Crippen LogP contribution in [0.3, 0.4) is 0 Å². The lowest BCUT2D eigenvalue weighted by Gasteiger charge is -2.19. The summed E-state index contributed by atoms with van der Waals surface area (Å²) in [6.45, 7) is 7.31. The molecule has 0 radical (unpaired) electrons. The number of hydrogen-bond donors (Lipinski definition) is 2. The van der Waals surface area contributed by atoms with Crippen LogP contribution in [0.1, 0.15) is 19.4 Å². The standard InChI is InChI=1S/C24H29N5O2/c1-4-25-23(30)16-28(5-2)17-24(31)26-22-15-21(19-13-11-18(3)12-14-19)27-29(22)20-9-7-6-8-10-20/h6-15H,4-5,16-17H2,1-3H3,(H,25,30)(H,26,31). The molecule has 0 aliphatic heterocycles. The molecule has 0 saturated carbocycles. The van der Waals surface area contributed by atoms with Crippen molar-refractivity contribution < 1.29 is 9.59 Å². The summed E-state index contributed by atoms with van der Waals surface area (Å²) in [5.41, 5.74) is 3.77. The largest absolute Gasteiger partial charge is 0.355 e. The van der Waals surface area contributed by atoms with Crippen LogP contribution >= 0.6 is 0 Å². The third-order valence-corrected chi connectivity index (χ3v) is 4.88. The quantitative estimate of drug-likeness (QED) is 0.558. The lowest BCUT2D eigenvalue weighted by atomic mass is 10.1. The van der Waals surface area contributed by atoms with Gasteiger partial charge in [-0.25, -0.2) is 4.68 Å². The Balaban J connectivity index is 1.82. The number of hydrogen-bond acceptors (Lipinski definition) is 4. The van der Waals surface area contributed by atoms with Gasteiger partial charge in [0.1, 0.15) is 5.82 Å². The number of amides is 2. The maximum Gasteiger partial charge on any atom is 0.239 e. The number of likely N-dealkylation sites (N-methyl/N-ethyl adjacent to an activating group) is 2. The SMILES string of the molecule is CCNC(=O)CN(CC)CC(=O)Nc1cc(-c2ccc(C)cc2)nn1-c1ccccc1. The first kappa shape index (κ1) is 22.2. The molecule has 0 unspecified atom stereocenters. The molecule has 31 heavy (non-hydrogen) atoms. The van der Waals surface area contributed by atoms with Crippen LogP contribution in [-0.4, -0.2) is 52.7 Å². The molecule has 0 bridgehead atoms. The topological polar surface area (TPSA) is 79.3 Å². The van der Waals surface area contributed by atoms with Gasteiger partial charge in [-0.1, -0.05) is 55.0 Å². The third-order valence-electron chi connectivity index (χ3n) is 4.88. The van der Waals surface area contributed by atoms with Crippen LogP contribution in [0.25, 0.3) is 16.9 Å². The van der Waals surface area contributed by atoms with Gasteiger partial charge in [-0.05, 0) is 32.5 Å². The average molecular weight is 420 g/mol. The van der Waals surface area contributed by atoms with Crippen molar-refractivity contribution in [2.24, 2.45) is 0 Å². The van der Waals surface area contributed by atoms with Crippen LogP contribution < -0.4 is 10.6 Å². The van der Waals surface area contributed by atoms with Crippen molar-refractivity contribution in [3.05, 3.63) is 66.2 Å². The van der Waals surface area contributed by atoms with Crippen molar-refractivity contribution in [1.29, 1.82) is 0 Å². The zero-order valence-electron chi connectivity index (χ0n) is 18.3. The molecular weight excluding hydrogens is 390 g/mol. The van der Waals surface area contributed by atoms with Crippen molar-refractivity contribution in [2.45, 2.75) is 20.8 Å². The van der Waals surface area contributed by atoms with Crippen LogP contribution in [-0.2, 0) is 9.59 Å². The number of anilines is 1. The summed E-state index contributed by atoms with van der Waals surface area (Å²) < 4.78 is 1.73. The first-order chi connectivity index (χ1) is 15.0. The predicted octanol–water partition coefficient (Wildman–Crippen LogP) is 3.24. The smallest absolute Gasteiger partial charge is 0.239 e. The highest BCUT2D eigenvalue weighted by Gasteiger charge is 2.17. The van der Waals surface area contributed by atoms with Gasteiger partial charge in [0.2, 0.25) is 11.8 Å². The van der Waals surface area contributed by atoms with E-state index in [1.807, 2.05) is 81.4 Å². The molecule has 7 heteroatoms. The summed E-state index contributed by atoms with van der Waals surface area (Å²) >= 11 is 0. The normalized spacial score (nSPS) is 10.8. The molecule has 0 aliphatic rings. The van der Waals surface area contributed by atoms with E-state index < -0.39 is 0 Å². The fraction of sp³-hybridized carbons (Fsp3) is 0.292. The molecule has 162 valence electrons. The fourth-order valence-electron chi connectivity index (χ4n) is 3.22. The van der Waals surface area contributed by atoms with E-state index in [1.165, 1.54) is 5.56 Å². The first-order valence-corrected chi connectivity index (χ1v) is 10.5. The van der Waals surface area contributed by atoms with Gasteiger partial charge in [0.05, 0.1) is 24.5 Å². The summed E-state index contributed by atoms with van der Waals surface area (Å²) in [4.78, 5) is 26.4. The highest BCUT2D eigenvalue weighted by Crippen LogP contribution is 2.25. The maximum absolute atomic E-state index is 12.8. The van der Waals surface area contributed by atoms with E-state index >= 15 is 0 Å². The molecule has 2 N–H and O–H groups in total. The number of benzene rings is 2. The molecule has 1 heterocycles.